The monoisotopic (exact) mass is 248 g/mol. The third-order valence-corrected chi connectivity index (χ3v) is 3.35. The summed E-state index contributed by atoms with van der Waals surface area (Å²) in [6, 6.07) is 6.33. The Labute approximate surface area is 107 Å². The van der Waals surface area contributed by atoms with E-state index in [1.165, 1.54) is 12.8 Å². The molecule has 0 aliphatic heterocycles. The van der Waals surface area contributed by atoms with Crippen LogP contribution in [0.15, 0.2) is 24.3 Å². The predicted molar refractivity (Wildman–Crippen MR) is 70.0 cm³/mol. The van der Waals surface area contributed by atoms with Crippen LogP contribution in [0.2, 0.25) is 0 Å². The molecule has 0 heterocycles. The second kappa shape index (κ2) is 5.40. The smallest absolute Gasteiger partial charge is 0.237 e. The van der Waals surface area contributed by atoms with Gasteiger partial charge in [-0.25, -0.2) is 0 Å². The fourth-order valence-corrected chi connectivity index (χ4v) is 2.02. The maximum atomic E-state index is 11.9. The van der Waals surface area contributed by atoms with E-state index < -0.39 is 6.04 Å². The Hall–Kier alpha value is -1.55. The number of nitrogens with two attached hydrogens (primary N) is 1. The first kappa shape index (κ1) is 12.9. The predicted octanol–water partition coefficient (Wildman–Crippen LogP) is 1.70. The van der Waals surface area contributed by atoms with E-state index in [9.17, 15) is 9.90 Å². The summed E-state index contributed by atoms with van der Waals surface area (Å²) in [5.41, 5.74) is 6.73. The first-order valence-corrected chi connectivity index (χ1v) is 6.41. The van der Waals surface area contributed by atoms with Gasteiger partial charge in [-0.1, -0.05) is 25.0 Å². The zero-order valence-corrected chi connectivity index (χ0v) is 10.6. The van der Waals surface area contributed by atoms with Crippen molar-refractivity contribution in [3.63, 3.8) is 0 Å². The Bertz CT molecular complexity index is 430. The maximum Gasteiger partial charge on any atom is 0.237 e. The highest BCUT2D eigenvalue weighted by molar-refractivity contribution is 5.81. The minimum Gasteiger partial charge on any atom is -0.508 e. The summed E-state index contributed by atoms with van der Waals surface area (Å²) in [4.78, 5) is 11.9. The minimum atomic E-state index is -0.419. The number of aromatic hydroxyl groups is 1. The summed E-state index contributed by atoms with van der Waals surface area (Å²) in [5, 5.41) is 12.3. The Morgan fingerprint density at radius 3 is 2.89 bits per heavy atom. The lowest BCUT2D eigenvalue weighted by Crippen LogP contribution is -2.41. The zero-order chi connectivity index (χ0) is 13.1. The van der Waals surface area contributed by atoms with Crippen LogP contribution in [0.25, 0.3) is 0 Å². The molecule has 1 aliphatic rings. The van der Waals surface area contributed by atoms with E-state index in [0.29, 0.717) is 5.92 Å². The largest absolute Gasteiger partial charge is 0.508 e. The second-order valence-corrected chi connectivity index (χ2v) is 5.11. The standard InChI is InChI=1S/C14H20N2O2/c1-9(11-3-2-4-12(17)8-11)16-14(18)13(15)7-10-5-6-10/h2-4,8-10,13,17H,5-7,15H2,1H3,(H,16,18). The Morgan fingerprint density at radius 1 is 1.56 bits per heavy atom. The summed E-state index contributed by atoms with van der Waals surface area (Å²) in [6.45, 7) is 1.89. The van der Waals surface area contributed by atoms with Crippen LogP contribution in [0.1, 0.15) is 37.8 Å². The highest BCUT2D eigenvalue weighted by Gasteiger charge is 2.27. The fourth-order valence-electron chi connectivity index (χ4n) is 2.02. The van der Waals surface area contributed by atoms with Gasteiger partial charge < -0.3 is 16.2 Å². The summed E-state index contributed by atoms with van der Waals surface area (Å²) in [7, 11) is 0. The SMILES string of the molecule is CC(NC(=O)C(N)CC1CC1)c1cccc(O)c1. The third kappa shape index (κ3) is 3.47. The Morgan fingerprint density at radius 2 is 2.28 bits per heavy atom. The molecule has 98 valence electrons. The van der Waals surface area contributed by atoms with Crippen LogP contribution >= 0.6 is 0 Å². The molecule has 1 saturated carbocycles. The molecule has 4 heteroatoms. The molecule has 4 N–H and O–H groups in total. The van der Waals surface area contributed by atoms with E-state index >= 15 is 0 Å². The number of carbonyl (C=O) groups excluding carboxylic acids is 1. The van der Waals surface area contributed by atoms with Crippen molar-refractivity contribution in [3.05, 3.63) is 29.8 Å². The molecule has 0 radical (unpaired) electrons. The van der Waals surface area contributed by atoms with Crippen molar-refractivity contribution in [3.8, 4) is 5.75 Å². The number of rotatable bonds is 5. The molecule has 2 rings (SSSR count). The van der Waals surface area contributed by atoms with Crippen molar-refractivity contribution in [2.45, 2.75) is 38.3 Å². The molecule has 0 bridgehead atoms. The Kier molecular flexibility index (Phi) is 3.87. The number of amides is 1. The van der Waals surface area contributed by atoms with Gasteiger partial charge in [-0.05, 0) is 37.0 Å². The van der Waals surface area contributed by atoms with E-state index in [1.54, 1.807) is 18.2 Å². The number of nitrogens with one attached hydrogen (secondary N) is 1. The highest BCUT2D eigenvalue weighted by Crippen LogP contribution is 2.33. The lowest BCUT2D eigenvalue weighted by atomic mass is 10.1. The average Bonchev–Trinajstić information content (AvgIpc) is 3.12. The van der Waals surface area contributed by atoms with E-state index in [2.05, 4.69) is 5.32 Å². The third-order valence-electron chi connectivity index (χ3n) is 3.35. The zero-order valence-electron chi connectivity index (χ0n) is 10.6. The van der Waals surface area contributed by atoms with E-state index in [4.69, 9.17) is 5.73 Å². The van der Waals surface area contributed by atoms with Gasteiger partial charge in [0, 0.05) is 0 Å². The van der Waals surface area contributed by atoms with Crippen molar-refractivity contribution in [1.29, 1.82) is 0 Å². The molecule has 0 saturated heterocycles. The molecule has 4 nitrogen and oxygen atoms in total. The van der Waals surface area contributed by atoms with Crippen LogP contribution < -0.4 is 11.1 Å². The first-order valence-electron chi connectivity index (χ1n) is 6.41. The average molecular weight is 248 g/mol. The van der Waals surface area contributed by atoms with Gasteiger partial charge in [0.25, 0.3) is 0 Å². The molecule has 1 amide bonds. The second-order valence-electron chi connectivity index (χ2n) is 5.11. The molecule has 18 heavy (non-hydrogen) atoms. The van der Waals surface area contributed by atoms with Gasteiger partial charge >= 0.3 is 0 Å². The molecule has 1 aromatic carbocycles. The number of phenols is 1. The van der Waals surface area contributed by atoms with Gasteiger partial charge in [0.1, 0.15) is 5.75 Å². The van der Waals surface area contributed by atoms with E-state index in [-0.39, 0.29) is 17.7 Å². The van der Waals surface area contributed by atoms with Crippen LogP contribution in [-0.2, 0) is 4.79 Å². The van der Waals surface area contributed by atoms with Crippen molar-refractivity contribution in [2.75, 3.05) is 0 Å². The first-order chi connectivity index (χ1) is 8.56. The van der Waals surface area contributed by atoms with Crippen molar-refractivity contribution in [2.24, 2.45) is 11.7 Å². The lowest BCUT2D eigenvalue weighted by molar-refractivity contribution is -0.123. The van der Waals surface area contributed by atoms with Crippen LogP contribution in [0.5, 0.6) is 5.75 Å². The van der Waals surface area contributed by atoms with Gasteiger partial charge in [-0.2, -0.15) is 0 Å². The van der Waals surface area contributed by atoms with Crippen molar-refractivity contribution in [1.82, 2.24) is 5.32 Å². The van der Waals surface area contributed by atoms with Gasteiger partial charge in [0.2, 0.25) is 5.91 Å². The molecule has 0 spiro atoms. The van der Waals surface area contributed by atoms with Gasteiger partial charge in [0.15, 0.2) is 0 Å². The number of hydrogen-bond donors (Lipinski definition) is 3. The molecule has 1 aromatic rings. The highest BCUT2D eigenvalue weighted by atomic mass is 16.3. The quantitative estimate of drug-likeness (QED) is 0.742. The minimum absolute atomic E-state index is 0.113. The summed E-state index contributed by atoms with van der Waals surface area (Å²) in [6.07, 6.45) is 3.17. The summed E-state index contributed by atoms with van der Waals surface area (Å²) < 4.78 is 0. The van der Waals surface area contributed by atoms with Crippen LogP contribution in [0.4, 0.5) is 0 Å². The number of hydrogen-bond acceptors (Lipinski definition) is 3. The topological polar surface area (TPSA) is 75.4 Å². The van der Waals surface area contributed by atoms with Gasteiger partial charge in [-0.3, -0.25) is 4.79 Å². The molecule has 1 fully saturated rings. The number of benzene rings is 1. The molecule has 2 unspecified atom stereocenters. The summed E-state index contributed by atoms with van der Waals surface area (Å²) in [5.74, 6) is 0.732. The summed E-state index contributed by atoms with van der Waals surface area (Å²) >= 11 is 0. The van der Waals surface area contributed by atoms with Crippen LogP contribution in [-0.4, -0.2) is 17.1 Å². The van der Waals surface area contributed by atoms with Crippen LogP contribution in [0, 0.1) is 5.92 Å². The Balaban J connectivity index is 1.89. The van der Waals surface area contributed by atoms with Crippen molar-refractivity contribution >= 4 is 5.91 Å². The molecule has 1 aliphatic carbocycles. The number of phenolic OH excluding ortho intramolecular Hbond substituents is 1. The van der Waals surface area contributed by atoms with Gasteiger partial charge in [-0.15, -0.1) is 0 Å². The van der Waals surface area contributed by atoms with Crippen molar-refractivity contribution < 1.29 is 9.90 Å². The molecular formula is C14H20N2O2. The molecule has 0 aromatic heterocycles. The van der Waals surface area contributed by atoms with E-state index in [1.807, 2.05) is 13.0 Å². The molecule has 2 atom stereocenters. The van der Waals surface area contributed by atoms with E-state index in [0.717, 1.165) is 12.0 Å². The fraction of sp³-hybridized carbons (Fsp3) is 0.500. The lowest BCUT2D eigenvalue weighted by Gasteiger charge is -2.18. The molecular weight excluding hydrogens is 228 g/mol. The number of carbonyl (C=O) groups is 1. The van der Waals surface area contributed by atoms with Crippen LogP contribution in [0.3, 0.4) is 0 Å². The van der Waals surface area contributed by atoms with Gasteiger partial charge in [0.05, 0.1) is 12.1 Å². The maximum absolute atomic E-state index is 11.9. The normalized spacial score (nSPS) is 18.1.